The summed E-state index contributed by atoms with van der Waals surface area (Å²) in [6.45, 7) is 5.53. The fraction of sp³-hybridized carbons (Fsp3) is 0.455. The highest BCUT2D eigenvalue weighted by molar-refractivity contribution is 7.14. The number of phenols is 1. The smallest absolute Gasteiger partial charge is 0.151 e. The molecule has 2 aliphatic rings. The van der Waals surface area contributed by atoms with Crippen molar-refractivity contribution in [2.75, 3.05) is 31.2 Å². The van der Waals surface area contributed by atoms with Crippen LogP contribution in [0.5, 0.6) is 5.75 Å². The third kappa shape index (κ3) is 4.53. The summed E-state index contributed by atoms with van der Waals surface area (Å²) in [5.41, 5.74) is 2.15. The van der Waals surface area contributed by atoms with Gasteiger partial charge in [0.25, 0.3) is 0 Å². The van der Waals surface area contributed by atoms with Crippen molar-refractivity contribution >= 4 is 17.2 Å². The van der Waals surface area contributed by atoms with Crippen LogP contribution in [0.25, 0.3) is 21.8 Å². The number of rotatable bonds is 5. The van der Waals surface area contributed by atoms with Gasteiger partial charge in [0.15, 0.2) is 5.82 Å². The average Bonchev–Trinajstić information content (AvgIpc) is 3.44. The number of aryl methyl sites for hydroxylation is 1. The van der Waals surface area contributed by atoms with Crippen LogP contribution in [-0.2, 0) is 4.74 Å². The molecule has 1 atom stereocenters. The predicted octanol–water partition coefficient (Wildman–Crippen LogP) is 3.02. The van der Waals surface area contributed by atoms with Crippen molar-refractivity contribution < 1.29 is 9.84 Å². The van der Waals surface area contributed by atoms with Gasteiger partial charge in [-0.15, -0.1) is 20.4 Å². The minimum atomic E-state index is 0.161. The summed E-state index contributed by atoms with van der Waals surface area (Å²) >= 11 is 1.50. The molecule has 0 amide bonds. The standard InChI is InChI=1S/C22H26N6O2S/c1-14-24-27-22(31-14)15-2-3-18(20(29)12-15)19-4-5-21(26-25-19)28-9-6-17(13-28)23-16-7-10-30-11-8-16/h2-5,12,16-17,23,29H,6-11,13H2,1H3. The molecule has 5 rings (SSSR count). The normalized spacial score (nSPS) is 19.8. The summed E-state index contributed by atoms with van der Waals surface area (Å²) in [5.74, 6) is 1.04. The van der Waals surface area contributed by atoms with Gasteiger partial charge in [-0.2, -0.15) is 0 Å². The molecule has 2 fully saturated rings. The highest BCUT2D eigenvalue weighted by Gasteiger charge is 2.26. The van der Waals surface area contributed by atoms with Crippen LogP contribution in [0.4, 0.5) is 5.82 Å². The first-order valence-electron chi connectivity index (χ1n) is 10.7. The van der Waals surface area contributed by atoms with Gasteiger partial charge in [0.05, 0.1) is 5.69 Å². The van der Waals surface area contributed by atoms with E-state index < -0.39 is 0 Å². The zero-order chi connectivity index (χ0) is 21.2. The van der Waals surface area contributed by atoms with Gasteiger partial charge < -0.3 is 20.1 Å². The van der Waals surface area contributed by atoms with Crippen molar-refractivity contribution in [2.24, 2.45) is 0 Å². The molecule has 0 aliphatic carbocycles. The Kier molecular flexibility index (Phi) is 5.80. The first kappa shape index (κ1) is 20.3. The lowest BCUT2D eigenvalue weighted by Gasteiger charge is -2.26. The van der Waals surface area contributed by atoms with Gasteiger partial charge in [-0.1, -0.05) is 17.4 Å². The monoisotopic (exact) mass is 438 g/mol. The number of benzene rings is 1. The topological polar surface area (TPSA) is 96.3 Å². The number of ether oxygens (including phenoxy) is 1. The van der Waals surface area contributed by atoms with Crippen LogP contribution in [0.15, 0.2) is 30.3 Å². The van der Waals surface area contributed by atoms with Crippen molar-refractivity contribution in [1.82, 2.24) is 25.7 Å². The molecule has 2 aromatic heterocycles. The van der Waals surface area contributed by atoms with E-state index in [1.807, 2.05) is 31.2 Å². The van der Waals surface area contributed by atoms with Crippen LogP contribution in [0.2, 0.25) is 0 Å². The molecule has 162 valence electrons. The Labute approximate surface area is 185 Å². The molecule has 31 heavy (non-hydrogen) atoms. The first-order valence-corrected chi connectivity index (χ1v) is 11.5. The van der Waals surface area contributed by atoms with Crippen LogP contribution in [0.1, 0.15) is 24.3 Å². The molecule has 0 saturated carbocycles. The maximum Gasteiger partial charge on any atom is 0.151 e. The summed E-state index contributed by atoms with van der Waals surface area (Å²) in [5, 5.41) is 33.0. The summed E-state index contributed by atoms with van der Waals surface area (Å²) in [6.07, 6.45) is 3.28. The van der Waals surface area contributed by atoms with Crippen LogP contribution >= 0.6 is 11.3 Å². The van der Waals surface area contributed by atoms with E-state index in [-0.39, 0.29) is 5.75 Å². The van der Waals surface area contributed by atoms with Gasteiger partial charge in [0.1, 0.15) is 15.8 Å². The molecule has 9 heteroatoms. The van der Waals surface area contributed by atoms with E-state index in [4.69, 9.17) is 4.74 Å². The molecule has 1 aromatic carbocycles. The van der Waals surface area contributed by atoms with E-state index in [2.05, 4.69) is 30.6 Å². The van der Waals surface area contributed by atoms with Crippen molar-refractivity contribution in [3.63, 3.8) is 0 Å². The highest BCUT2D eigenvalue weighted by atomic mass is 32.1. The second-order valence-corrected chi connectivity index (χ2v) is 9.30. The van der Waals surface area contributed by atoms with Crippen LogP contribution in [0, 0.1) is 6.92 Å². The van der Waals surface area contributed by atoms with Gasteiger partial charge in [-0.05, 0) is 50.5 Å². The Balaban J connectivity index is 1.25. The number of anilines is 1. The molecular formula is C22H26N6O2S. The Morgan fingerprint density at radius 3 is 2.61 bits per heavy atom. The third-order valence-electron chi connectivity index (χ3n) is 5.90. The van der Waals surface area contributed by atoms with Gasteiger partial charge in [0.2, 0.25) is 0 Å². The summed E-state index contributed by atoms with van der Waals surface area (Å²) < 4.78 is 5.45. The maximum absolute atomic E-state index is 10.5. The third-order valence-corrected chi connectivity index (χ3v) is 6.79. The van der Waals surface area contributed by atoms with E-state index >= 15 is 0 Å². The molecule has 2 aliphatic heterocycles. The van der Waals surface area contributed by atoms with E-state index in [1.54, 1.807) is 6.07 Å². The SMILES string of the molecule is Cc1nnc(-c2ccc(-c3ccc(N4CCC(NC5CCOCC5)C4)nn3)c(O)c2)s1. The van der Waals surface area contributed by atoms with Crippen LogP contribution in [0.3, 0.4) is 0 Å². The van der Waals surface area contributed by atoms with E-state index in [0.29, 0.717) is 23.3 Å². The molecule has 0 spiro atoms. The molecule has 0 radical (unpaired) electrons. The maximum atomic E-state index is 10.5. The molecule has 0 bridgehead atoms. The van der Waals surface area contributed by atoms with Crippen molar-refractivity contribution in [3.05, 3.63) is 35.3 Å². The lowest BCUT2D eigenvalue weighted by molar-refractivity contribution is 0.0755. The second-order valence-electron chi connectivity index (χ2n) is 8.12. The van der Waals surface area contributed by atoms with E-state index in [9.17, 15) is 5.11 Å². The summed E-state index contributed by atoms with van der Waals surface area (Å²) in [4.78, 5) is 2.27. The molecule has 1 unspecified atom stereocenters. The number of aromatic hydroxyl groups is 1. The number of hydrogen-bond donors (Lipinski definition) is 2. The lowest BCUT2D eigenvalue weighted by Crippen LogP contribution is -2.43. The highest BCUT2D eigenvalue weighted by Crippen LogP contribution is 2.33. The number of nitrogens with zero attached hydrogens (tertiary/aromatic N) is 5. The molecule has 8 nitrogen and oxygen atoms in total. The predicted molar refractivity (Wildman–Crippen MR) is 120 cm³/mol. The minimum absolute atomic E-state index is 0.161. The van der Waals surface area contributed by atoms with Crippen LogP contribution < -0.4 is 10.2 Å². The number of hydrogen-bond acceptors (Lipinski definition) is 9. The lowest BCUT2D eigenvalue weighted by atomic mass is 10.1. The second kappa shape index (κ2) is 8.86. The molecular weight excluding hydrogens is 412 g/mol. The van der Waals surface area contributed by atoms with Gasteiger partial charge in [-0.25, -0.2) is 0 Å². The Hall–Kier alpha value is -2.62. The summed E-state index contributed by atoms with van der Waals surface area (Å²) in [6, 6.07) is 10.4. The molecule has 2 N–H and O–H groups in total. The van der Waals surface area contributed by atoms with Crippen molar-refractivity contribution in [3.8, 4) is 27.6 Å². The number of aromatic nitrogens is 4. The van der Waals surface area contributed by atoms with Crippen molar-refractivity contribution in [1.29, 1.82) is 0 Å². The molecule has 4 heterocycles. The van der Waals surface area contributed by atoms with Gasteiger partial charge in [-0.3, -0.25) is 0 Å². The van der Waals surface area contributed by atoms with Gasteiger partial charge in [0, 0.05) is 49.5 Å². The fourth-order valence-electron chi connectivity index (χ4n) is 4.23. The number of nitrogens with one attached hydrogen (secondary N) is 1. The van der Waals surface area contributed by atoms with Crippen LogP contribution in [-0.4, -0.2) is 63.9 Å². The Bertz CT molecular complexity index is 1030. The zero-order valence-corrected chi connectivity index (χ0v) is 18.3. The van der Waals surface area contributed by atoms with E-state index in [1.165, 1.54) is 11.3 Å². The first-order chi connectivity index (χ1) is 15.2. The molecule has 3 aromatic rings. The summed E-state index contributed by atoms with van der Waals surface area (Å²) in [7, 11) is 0. The quantitative estimate of drug-likeness (QED) is 0.628. The fourth-order valence-corrected chi connectivity index (χ4v) is 4.92. The Morgan fingerprint density at radius 2 is 1.90 bits per heavy atom. The van der Waals surface area contributed by atoms with E-state index in [0.717, 1.165) is 67.0 Å². The zero-order valence-electron chi connectivity index (χ0n) is 17.5. The number of phenolic OH excluding ortho intramolecular Hbond substituents is 1. The van der Waals surface area contributed by atoms with Crippen molar-refractivity contribution in [2.45, 2.75) is 38.3 Å². The Morgan fingerprint density at radius 1 is 1.03 bits per heavy atom. The van der Waals surface area contributed by atoms with Gasteiger partial charge >= 0.3 is 0 Å². The minimum Gasteiger partial charge on any atom is -0.507 e. The largest absolute Gasteiger partial charge is 0.507 e. The molecule has 2 saturated heterocycles. The average molecular weight is 439 g/mol.